The summed E-state index contributed by atoms with van der Waals surface area (Å²) in [7, 11) is 0. The molecule has 5 rings (SSSR count). The first kappa shape index (κ1) is 26.7. The van der Waals surface area contributed by atoms with E-state index in [1.54, 1.807) is 17.7 Å². The smallest absolute Gasteiger partial charge is 0.263 e. The summed E-state index contributed by atoms with van der Waals surface area (Å²) in [4.78, 5) is 41.6. The summed E-state index contributed by atoms with van der Waals surface area (Å²) in [5.74, 6) is 1.63. The Morgan fingerprint density at radius 3 is 2.35 bits per heavy atom. The molecule has 2 N–H and O–H groups in total. The summed E-state index contributed by atoms with van der Waals surface area (Å²) < 4.78 is 1.72. The Bertz CT molecular complexity index is 1290. The van der Waals surface area contributed by atoms with Crippen LogP contribution in [0.1, 0.15) is 75.3 Å². The van der Waals surface area contributed by atoms with Crippen LogP contribution >= 0.6 is 0 Å². The highest BCUT2D eigenvalue weighted by Gasteiger charge is 2.25. The molecule has 198 valence electrons. The van der Waals surface area contributed by atoms with Crippen molar-refractivity contribution in [3.8, 4) is 0 Å². The summed E-state index contributed by atoms with van der Waals surface area (Å²) in [5, 5.41) is 7.26. The lowest BCUT2D eigenvalue weighted by Gasteiger charge is -2.29. The van der Waals surface area contributed by atoms with E-state index in [0.29, 0.717) is 23.0 Å². The van der Waals surface area contributed by atoms with Crippen LogP contribution in [-0.2, 0) is 0 Å². The van der Waals surface area contributed by atoms with Gasteiger partial charge in [0, 0.05) is 43.8 Å². The van der Waals surface area contributed by atoms with E-state index >= 15 is 0 Å². The lowest BCUT2D eigenvalue weighted by atomic mass is 10.0. The van der Waals surface area contributed by atoms with Crippen molar-refractivity contribution in [2.24, 2.45) is 5.92 Å². The fourth-order valence-corrected chi connectivity index (χ4v) is 4.99. The molecule has 2 fully saturated rings. The molecular weight excluding hydrogens is 466 g/mol. The molecule has 37 heavy (non-hydrogen) atoms. The second kappa shape index (κ2) is 11.8. The van der Waals surface area contributed by atoms with E-state index < -0.39 is 0 Å². The molecular formula is C28H39N7O2. The standard InChI is InChI=1S/C24H29N7O2.C4H10/c1-15-19-14-27-24(28-20-8-7-18(13-26-20)30-11-9-25-10-12-30)29-22(19)31(17-5-3-4-6-17)23(33)21(15)16(2)32;1-4(2)3/h7-8,13-14,17,25H,3-6,9-12H2,1-2H3,(H,26,27,28,29);4H,1-3H3. The van der Waals surface area contributed by atoms with Crippen LogP contribution in [0.2, 0.25) is 0 Å². The van der Waals surface area contributed by atoms with Crippen molar-refractivity contribution in [2.45, 2.75) is 66.3 Å². The molecule has 2 aliphatic rings. The van der Waals surface area contributed by atoms with Crippen molar-refractivity contribution in [1.29, 1.82) is 0 Å². The third-order valence-corrected chi connectivity index (χ3v) is 6.72. The zero-order valence-electron chi connectivity index (χ0n) is 22.7. The van der Waals surface area contributed by atoms with Crippen LogP contribution in [0.5, 0.6) is 0 Å². The highest BCUT2D eigenvalue weighted by atomic mass is 16.1. The number of carbonyl (C=O) groups excluding carboxylic acids is 1. The average Bonchev–Trinajstić information content (AvgIpc) is 3.39. The lowest BCUT2D eigenvalue weighted by molar-refractivity contribution is 0.101. The van der Waals surface area contributed by atoms with Gasteiger partial charge in [-0.05, 0) is 50.3 Å². The maximum absolute atomic E-state index is 13.3. The molecule has 0 aromatic carbocycles. The molecule has 1 saturated heterocycles. The Morgan fingerprint density at radius 2 is 1.76 bits per heavy atom. The van der Waals surface area contributed by atoms with E-state index in [2.05, 4.69) is 46.3 Å². The van der Waals surface area contributed by atoms with Crippen molar-refractivity contribution in [2.75, 3.05) is 36.4 Å². The number of rotatable bonds is 5. The Balaban J connectivity index is 0.000000747. The van der Waals surface area contributed by atoms with Crippen LogP contribution in [0.25, 0.3) is 11.0 Å². The van der Waals surface area contributed by atoms with E-state index in [0.717, 1.165) is 68.9 Å². The minimum Gasteiger partial charge on any atom is -0.368 e. The van der Waals surface area contributed by atoms with Gasteiger partial charge < -0.3 is 15.5 Å². The van der Waals surface area contributed by atoms with Gasteiger partial charge in [-0.25, -0.2) is 9.97 Å². The lowest BCUT2D eigenvalue weighted by Crippen LogP contribution is -2.43. The zero-order valence-corrected chi connectivity index (χ0v) is 22.7. The molecule has 1 aliphatic heterocycles. The summed E-state index contributed by atoms with van der Waals surface area (Å²) in [5.41, 5.74) is 2.29. The number of fused-ring (bicyclic) bond motifs is 1. The summed E-state index contributed by atoms with van der Waals surface area (Å²) in [6.45, 7) is 13.6. The van der Waals surface area contributed by atoms with Crippen molar-refractivity contribution in [3.05, 3.63) is 46.0 Å². The predicted molar refractivity (Wildman–Crippen MR) is 149 cm³/mol. The Labute approximate surface area is 218 Å². The summed E-state index contributed by atoms with van der Waals surface area (Å²) >= 11 is 0. The number of ketones is 1. The number of piperazine rings is 1. The number of aryl methyl sites for hydroxylation is 1. The molecule has 0 radical (unpaired) electrons. The third-order valence-electron chi connectivity index (χ3n) is 6.72. The van der Waals surface area contributed by atoms with Gasteiger partial charge in [0.05, 0.1) is 17.4 Å². The van der Waals surface area contributed by atoms with Gasteiger partial charge >= 0.3 is 0 Å². The number of nitrogens with one attached hydrogen (secondary N) is 2. The van der Waals surface area contributed by atoms with Crippen LogP contribution in [0.3, 0.4) is 0 Å². The van der Waals surface area contributed by atoms with Crippen LogP contribution in [0.15, 0.2) is 29.3 Å². The number of nitrogens with zero attached hydrogens (tertiary/aromatic N) is 5. The molecule has 4 heterocycles. The van der Waals surface area contributed by atoms with Gasteiger partial charge in [0.1, 0.15) is 11.5 Å². The van der Waals surface area contributed by atoms with Gasteiger partial charge in [0.15, 0.2) is 5.78 Å². The first-order valence-corrected chi connectivity index (χ1v) is 13.4. The first-order chi connectivity index (χ1) is 17.8. The number of aromatic nitrogens is 4. The molecule has 0 amide bonds. The molecule has 0 bridgehead atoms. The number of hydrogen-bond donors (Lipinski definition) is 2. The van der Waals surface area contributed by atoms with Crippen molar-refractivity contribution in [1.82, 2.24) is 24.8 Å². The van der Waals surface area contributed by atoms with Gasteiger partial charge in [-0.3, -0.25) is 14.2 Å². The SMILES string of the molecule is CC(=O)c1c(C)c2cnc(Nc3ccc(N4CCNCC4)cn3)nc2n(C2CCCC2)c1=O.CC(C)C. The normalized spacial score (nSPS) is 16.1. The zero-order chi connectivity index (χ0) is 26.5. The van der Waals surface area contributed by atoms with Crippen LogP contribution in [-0.4, -0.2) is 51.5 Å². The largest absolute Gasteiger partial charge is 0.368 e. The van der Waals surface area contributed by atoms with Gasteiger partial charge in [-0.15, -0.1) is 0 Å². The monoisotopic (exact) mass is 505 g/mol. The van der Waals surface area contributed by atoms with E-state index in [9.17, 15) is 9.59 Å². The highest BCUT2D eigenvalue weighted by Crippen LogP contribution is 2.32. The van der Waals surface area contributed by atoms with E-state index in [-0.39, 0.29) is 22.9 Å². The maximum atomic E-state index is 13.3. The third kappa shape index (κ3) is 6.15. The second-order valence-corrected chi connectivity index (χ2v) is 10.6. The minimum absolute atomic E-state index is 0.0536. The number of Topliss-reactive ketones (excluding diaryl/α,β-unsaturated/α-hetero) is 1. The van der Waals surface area contributed by atoms with Crippen LogP contribution in [0, 0.1) is 12.8 Å². The molecule has 0 unspecified atom stereocenters. The minimum atomic E-state index is -0.248. The van der Waals surface area contributed by atoms with Gasteiger partial charge in [0.2, 0.25) is 5.95 Å². The molecule has 0 atom stereocenters. The van der Waals surface area contributed by atoms with Gasteiger partial charge in [0.25, 0.3) is 5.56 Å². The van der Waals surface area contributed by atoms with Crippen molar-refractivity contribution < 1.29 is 4.79 Å². The Kier molecular flexibility index (Phi) is 8.53. The van der Waals surface area contributed by atoms with E-state index in [1.165, 1.54) is 6.92 Å². The number of pyridine rings is 2. The van der Waals surface area contributed by atoms with E-state index in [4.69, 9.17) is 4.98 Å². The predicted octanol–water partition coefficient (Wildman–Crippen LogP) is 4.63. The maximum Gasteiger partial charge on any atom is 0.263 e. The molecule has 3 aromatic heterocycles. The molecule has 1 aliphatic carbocycles. The number of hydrogen-bond acceptors (Lipinski definition) is 8. The highest BCUT2D eigenvalue weighted by molar-refractivity contribution is 5.99. The molecule has 9 nitrogen and oxygen atoms in total. The fourth-order valence-electron chi connectivity index (χ4n) is 4.99. The topological polar surface area (TPSA) is 105 Å². The first-order valence-electron chi connectivity index (χ1n) is 13.4. The fraction of sp³-hybridized carbons (Fsp3) is 0.536. The van der Waals surface area contributed by atoms with Crippen molar-refractivity contribution >= 4 is 34.3 Å². The van der Waals surface area contributed by atoms with Crippen molar-refractivity contribution in [3.63, 3.8) is 0 Å². The summed E-state index contributed by atoms with van der Waals surface area (Å²) in [6, 6.07) is 4.01. The molecule has 3 aromatic rings. The van der Waals surface area contributed by atoms with Crippen LogP contribution in [0.4, 0.5) is 17.5 Å². The molecule has 0 spiro atoms. The number of carbonyl (C=O) groups is 1. The summed E-state index contributed by atoms with van der Waals surface area (Å²) in [6.07, 6.45) is 7.52. The quantitative estimate of drug-likeness (QED) is 0.484. The Hall–Kier alpha value is -3.33. The molecule has 1 saturated carbocycles. The average molecular weight is 506 g/mol. The van der Waals surface area contributed by atoms with Gasteiger partial charge in [-0.1, -0.05) is 33.6 Å². The van der Waals surface area contributed by atoms with Crippen LogP contribution < -0.4 is 21.1 Å². The second-order valence-electron chi connectivity index (χ2n) is 10.6. The number of anilines is 3. The Morgan fingerprint density at radius 1 is 1.08 bits per heavy atom. The molecule has 9 heteroatoms. The van der Waals surface area contributed by atoms with Gasteiger partial charge in [-0.2, -0.15) is 4.98 Å². The van der Waals surface area contributed by atoms with E-state index in [1.807, 2.05) is 18.3 Å².